The highest BCUT2D eigenvalue weighted by Gasteiger charge is 2.24. The third-order valence-electron chi connectivity index (χ3n) is 3.84. The summed E-state index contributed by atoms with van der Waals surface area (Å²) in [5.74, 6) is 0.108. The number of hydrogen-bond donors (Lipinski definition) is 1. The average Bonchev–Trinajstić information content (AvgIpc) is 2.77. The lowest BCUT2D eigenvalue weighted by Gasteiger charge is -2.29. The van der Waals surface area contributed by atoms with Crippen LogP contribution >= 0.6 is 11.3 Å². The van der Waals surface area contributed by atoms with Gasteiger partial charge >= 0.3 is 0 Å². The van der Waals surface area contributed by atoms with Crippen LogP contribution in [0.3, 0.4) is 0 Å². The molecule has 0 aliphatic carbocycles. The lowest BCUT2D eigenvalue weighted by Crippen LogP contribution is -2.35. The van der Waals surface area contributed by atoms with E-state index in [1.807, 2.05) is 36.1 Å². The third-order valence-corrected chi connectivity index (χ3v) is 4.98. The fourth-order valence-electron chi connectivity index (χ4n) is 2.64. The fourth-order valence-corrected chi connectivity index (χ4v) is 3.62. The van der Waals surface area contributed by atoms with E-state index in [-0.39, 0.29) is 5.91 Å². The molecular weight excluding hydrogens is 268 g/mol. The van der Waals surface area contributed by atoms with Crippen LogP contribution in [0.2, 0.25) is 0 Å². The molecule has 2 N–H and O–H groups in total. The summed E-state index contributed by atoms with van der Waals surface area (Å²) in [5, 5.41) is 0. The summed E-state index contributed by atoms with van der Waals surface area (Å²) >= 11 is 1.58. The first-order valence-electron chi connectivity index (χ1n) is 6.83. The number of fused-ring (bicyclic) bond motifs is 1. The van der Waals surface area contributed by atoms with Crippen molar-refractivity contribution < 1.29 is 4.79 Å². The Morgan fingerprint density at radius 1 is 1.30 bits per heavy atom. The van der Waals surface area contributed by atoms with Crippen LogP contribution in [0.5, 0.6) is 0 Å². The number of nitrogens with two attached hydrogens (primary N) is 1. The van der Waals surface area contributed by atoms with E-state index in [1.54, 1.807) is 11.3 Å². The van der Waals surface area contributed by atoms with Gasteiger partial charge in [0.25, 0.3) is 5.91 Å². The van der Waals surface area contributed by atoms with Gasteiger partial charge in [-0.15, -0.1) is 11.3 Å². The van der Waals surface area contributed by atoms with Crippen LogP contribution in [-0.4, -0.2) is 12.5 Å². The second-order valence-electron chi connectivity index (χ2n) is 5.30. The molecule has 0 saturated carbocycles. The van der Waals surface area contributed by atoms with Crippen LogP contribution < -0.4 is 10.6 Å². The predicted octanol–water partition coefficient (Wildman–Crippen LogP) is 3.54. The summed E-state index contributed by atoms with van der Waals surface area (Å²) in [5.41, 5.74) is 9.98. The van der Waals surface area contributed by atoms with E-state index in [2.05, 4.69) is 6.92 Å². The topological polar surface area (TPSA) is 46.3 Å². The molecule has 104 valence electrons. The Labute approximate surface area is 123 Å². The van der Waals surface area contributed by atoms with Gasteiger partial charge in [0.2, 0.25) is 0 Å². The zero-order chi connectivity index (χ0) is 14.3. The molecule has 0 radical (unpaired) electrons. The van der Waals surface area contributed by atoms with Gasteiger partial charge in [-0.25, -0.2) is 0 Å². The zero-order valence-corrected chi connectivity index (χ0v) is 12.6. The number of carbonyl (C=O) groups excluding carboxylic acids is 1. The molecule has 0 spiro atoms. The van der Waals surface area contributed by atoms with E-state index in [4.69, 9.17) is 5.73 Å². The highest BCUT2D eigenvalue weighted by molar-refractivity contribution is 7.14. The smallest absolute Gasteiger partial charge is 0.268 e. The first-order chi connectivity index (χ1) is 9.56. The molecule has 1 aliphatic heterocycles. The van der Waals surface area contributed by atoms with Gasteiger partial charge in [-0.1, -0.05) is 0 Å². The zero-order valence-electron chi connectivity index (χ0n) is 11.8. The average molecular weight is 286 g/mol. The van der Waals surface area contributed by atoms with Crippen LogP contribution in [0.1, 0.15) is 32.1 Å². The summed E-state index contributed by atoms with van der Waals surface area (Å²) in [6.07, 6.45) is 1.98. The summed E-state index contributed by atoms with van der Waals surface area (Å²) in [6, 6.07) is 7.82. The normalized spacial score (nSPS) is 14.2. The molecule has 0 fully saturated rings. The fraction of sp³-hybridized carbons (Fsp3) is 0.312. The molecule has 2 aromatic rings. The second-order valence-corrected chi connectivity index (χ2v) is 6.55. The number of rotatable bonds is 1. The number of benzene rings is 1. The molecule has 2 heterocycles. The number of nitrogen functional groups attached to an aromatic ring is 1. The molecule has 0 atom stereocenters. The number of aryl methyl sites for hydroxylation is 3. The minimum Gasteiger partial charge on any atom is -0.399 e. The predicted molar refractivity (Wildman–Crippen MR) is 84.6 cm³/mol. The van der Waals surface area contributed by atoms with Crippen molar-refractivity contribution in [2.24, 2.45) is 0 Å². The summed E-state index contributed by atoms with van der Waals surface area (Å²) in [7, 11) is 0. The number of hydrogen-bond acceptors (Lipinski definition) is 3. The minimum atomic E-state index is 0.108. The molecule has 3 rings (SSSR count). The highest BCUT2D eigenvalue weighted by atomic mass is 32.1. The monoisotopic (exact) mass is 286 g/mol. The highest BCUT2D eigenvalue weighted by Crippen LogP contribution is 2.31. The third kappa shape index (κ3) is 2.20. The lowest BCUT2D eigenvalue weighted by atomic mass is 10.0. The van der Waals surface area contributed by atoms with Crippen molar-refractivity contribution >= 4 is 28.6 Å². The summed E-state index contributed by atoms with van der Waals surface area (Å²) in [6.45, 7) is 4.89. The Bertz CT molecular complexity index is 656. The number of anilines is 2. The van der Waals surface area contributed by atoms with E-state index >= 15 is 0 Å². The van der Waals surface area contributed by atoms with Gasteiger partial charge in [0, 0.05) is 22.8 Å². The minimum absolute atomic E-state index is 0.108. The number of nitrogens with zero attached hydrogens (tertiary/aromatic N) is 1. The standard InChI is InChI=1S/C16H18N2OS/c1-10-8-15(20-11(10)2)16(19)18-7-3-4-12-9-13(17)5-6-14(12)18/h5-6,8-9H,3-4,7,17H2,1-2H3. The van der Waals surface area contributed by atoms with E-state index < -0.39 is 0 Å². The van der Waals surface area contributed by atoms with Crippen molar-refractivity contribution in [1.29, 1.82) is 0 Å². The van der Waals surface area contributed by atoms with Crippen LogP contribution in [-0.2, 0) is 6.42 Å². The van der Waals surface area contributed by atoms with Gasteiger partial charge in [0.1, 0.15) is 0 Å². The maximum Gasteiger partial charge on any atom is 0.268 e. The van der Waals surface area contributed by atoms with Crippen molar-refractivity contribution in [3.8, 4) is 0 Å². The molecule has 1 aromatic carbocycles. The van der Waals surface area contributed by atoms with Crippen LogP contribution in [0, 0.1) is 13.8 Å². The van der Waals surface area contributed by atoms with E-state index in [0.717, 1.165) is 35.6 Å². The van der Waals surface area contributed by atoms with Crippen molar-refractivity contribution in [1.82, 2.24) is 0 Å². The van der Waals surface area contributed by atoms with Gasteiger partial charge < -0.3 is 10.6 Å². The van der Waals surface area contributed by atoms with Gasteiger partial charge in [0.05, 0.1) is 4.88 Å². The Hall–Kier alpha value is -1.81. The molecule has 0 saturated heterocycles. The molecule has 0 unspecified atom stereocenters. The first kappa shape index (κ1) is 13.2. The number of amides is 1. The Morgan fingerprint density at radius 2 is 2.10 bits per heavy atom. The Kier molecular flexibility index (Phi) is 3.26. The summed E-state index contributed by atoms with van der Waals surface area (Å²) in [4.78, 5) is 16.6. The quantitative estimate of drug-likeness (QED) is 0.815. The van der Waals surface area contributed by atoms with Crippen molar-refractivity contribution in [3.63, 3.8) is 0 Å². The summed E-state index contributed by atoms with van der Waals surface area (Å²) < 4.78 is 0. The van der Waals surface area contributed by atoms with E-state index in [9.17, 15) is 4.79 Å². The van der Waals surface area contributed by atoms with Crippen molar-refractivity contribution in [2.45, 2.75) is 26.7 Å². The SMILES string of the molecule is Cc1cc(C(=O)N2CCCc3cc(N)ccc32)sc1C. The van der Waals surface area contributed by atoms with Crippen molar-refractivity contribution in [2.75, 3.05) is 17.2 Å². The van der Waals surface area contributed by atoms with Gasteiger partial charge in [0.15, 0.2) is 0 Å². The number of thiophene rings is 1. The largest absolute Gasteiger partial charge is 0.399 e. The molecule has 0 bridgehead atoms. The van der Waals surface area contributed by atoms with Crippen LogP contribution in [0.25, 0.3) is 0 Å². The molecule has 4 heteroatoms. The van der Waals surface area contributed by atoms with E-state index in [0.29, 0.717) is 0 Å². The number of carbonyl (C=O) groups is 1. The molecule has 1 amide bonds. The lowest BCUT2D eigenvalue weighted by molar-refractivity contribution is 0.0989. The maximum atomic E-state index is 12.7. The Morgan fingerprint density at radius 3 is 2.80 bits per heavy atom. The van der Waals surface area contributed by atoms with Gasteiger partial charge in [-0.3, -0.25) is 4.79 Å². The molecular formula is C16H18N2OS. The van der Waals surface area contributed by atoms with E-state index in [1.165, 1.54) is 16.0 Å². The van der Waals surface area contributed by atoms with Crippen LogP contribution in [0.15, 0.2) is 24.3 Å². The van der Waals surface area contributed by atoms with Crippen LogP contribution in [0.4, 0.5) is 11.4 Å². The van der Waals surface area contributed by atoms with Gasteiger partial charge in [-0.2, -0.15) is 0 Å². The van der Waals surface area contributed by atoms with Crippen molar-refractivity contribution in [3.05, 3.63) is 45.1 Å². The van der Waals surface area contributed by atoms with Gasteiger partial charge in [-0.05, 0) is 62.1 Å². The Balaban J connectivity index is 1.98. The molecule has 20 heavy (non-hydrogen) atoms. The second kappa shape index (κ2) is 4.94. The maximum absolute atomic E-state index is 12.7. The molecule has 3 nitrogen and oxygen atoms in total. The molecule has 1 aliphatic rings. The molecule has 1 aromatic heterocycles. The first-order valence-corrected chi connectivity index (χ1v) is 7.65.